The molecule has 136 valence electrons. The highest BCUT2D eigenvalue weighted by Gasteiger charge is 2.09. The van der Waals surface area contributed by atoms with Crippen LogP contribution in [0.2, 0.25) is 0 Å². The van der Waals surface area contributed by atoms with E-state index in [-0.39, 0.29) is 12.4 Å². The fourth-order valence-electron chi connectivity index (χ4n) is 1.99. The van der Waals surface area contributed by atoms with Gasteiger partial charge in [0.05, 0.1) is 24.3 Å². The van der Waals surface area contributed by atoms with Crippen LogP contribution >= 0.6 is 0 Å². The average Bonchev–Trinajstić information content (AvgIpc) is 2.63. The van der Waals surface area contributed by atoms with Gasteiger partial charge in [-0.2, -0.15) is 0 Å². The van der Waals surface area contributed by atoms with Gasteiger partial charge in [-0.15, -0.1) is 0 Å². The second-order valence-corrected chi connectivity index (χ2v) is 5.03. The van der Waals surface area contributed by atoms with E-state index in [2.05, 4.69) is 15.6 Å². The number of carbonyl (C=O) groups is 3. The molecule has 2 amide bonds. The summed E-state index contributed by atoms with van der Waals surface area (Å²) >= 11 is 0. The summed E-state index contributed by atoms with van der Waals surface area (Å²) in [6.07, 6.45) is 1.32. The molecule has 8 heteroatoms. The maximum absolute atomic E-state index is 12.0. The van der Waals surface area contributed by atoms with Crippen molar-refractivity contribution in [2.75, 3.05) is 23.8 Å². The first-order valence-corrected chi connectivity index (χ1v) is 8.01. The molecule has 0 saturated carbocycles. The molecule has 2 rings (SSSR count). The number of hydrogen-bond donors (Lipinski definition) is 2. The van der Waals surface area contributed by atoms with Crippen LogP contribution in [0.4, 0.5) is 16.3 Å². The number of nitrogens with zero attached hydrogens (tertiary/aromatic N) is 1. The standard InChI is InChI=1S/C18H19N3O5/c1-3-25-16(22)12-5-8-14(9-6-12)20-18(24)21-15-10-7-13(11-19-15)17(23)26-4-2/h5-11H,3-4H2,1-2H3,(H2,19,20,21,24). The fourth-order valence-corrected chi connectivity index (χ4v) is 1.99. The predicted octanol–water partition coefficient (Wildman–Crippen LogP) is 3.08. The van der Waals surface area contributed by atoms with Gasteiger partial charge >= 0.3 is 18.0 Å². The Bertz CT molecular complexity index is 707. The molecule has 26 heavy (non-hydrogen) atoms. The third-order valence-corrected chi connectivity index (χ3v) is 3.17. The van der Waals surface area contributed by atoms with Crippen molar-refractivity contribution in [3.63, 3.8) is 0 Å². The topological polar surface area (TPSA) is 107 Å². The third-order valence-electron chi connectivity index (χ3n) is 3.17. The molecule has 0 unspecified atom stereocenters. The van der Waals surface area contributed by atoms with Crippen molar-refractivity contribution in [2.24, 2.45) is 0 Å². The van der Waals surface area contributed by atoms with Crippen molar-refractivity contribution in [3.05, 3.63) is 53.7 Å². The highest BCUT2D eigenvalue weighted by molar-refractivity contribution is 5.99. The van der Waals surface area contributed by atoms with Gasteiger partial charge in [0.1, 0.15) is 5.82 Å². The molecular formula is C18H19N3O5. The summed E-state index contributed by atoms with van der Waals surface area (Å²) in [5.41, 5.74) is 1.19. The quantitative estimate of drug-likeness (QED) is 0.770. The Morgan fingerprint density at radius 2 is 1.42 bits per heavy atom. The number of pyridine rings is 1. The van der Waals surface area contributed by atoms with Crippen molar-refractivity contribution < 1.29 is 23.9 Å². The van der Waals surface area contributed by atoms with Gasteiger partial charge in [-0.1, -0.05) is 0 Å². The molecule has 0 aliphatic heterocycles. The molecule has 0 spiro atoms. The highest BCUT2D eigenvalue weighted by Crippen LogP contribution is 2.12. The predicted molar refractivity (Wildman–Crippen MR) is 95.2 cm³/mol. The largest absolute Gasteiger partial charge is 0.462 e. The van der Waals surface area contributed by atoms with Crippen molar-refractivity contribution in [3.8, 4) is 0 Å². The smallest absolute Gasteiger partial charge is 0.339 e. The van der Waals surface area contributed by atoms with Gasteiger partial charge in [-0.3, -0.25) is 5.32 Å². The molecule has 0 saturated heterocycles. The van der Waals surface area contributed by atoms with E-state index in [1.54, 1.807) is 38.1 Å². The number of aromatic nitrogens is 1. The number of hydrogen-bond acceptors (Lipinski definition) is 6. The summed E-state index contributed by atoms with van der Waals surface area (Å²) < 4.78 is 9.75. The molecule has 8 nitrogen and oxygen atoms in total. The highest BCUT2D eigenvalue weighted by atomic mass is 16.5. The molecule has 0 fully saturated rings. The van der Waals surface area contributed by atoms with E-state index in [0.717, 1.165) is 0 Å². The van der Waals surface area contributed by atoms with Crippen LogP contribution in [0.5, 0.6) is 0 Å². The lowest BCUT2D eigenvalue weighted by molar-refractivity contribution is 0.0516. The monoisotopic (exact) mass is 357 g/mol. The van der Waals surface area contributed by atoms with Gasteiger partial charge in [-0.25, -0.2) is 19.4 Å². The van der Waals surface area contributed by atoms with Crippen LogP contribution in [0.1, 0.15) is 34.6 Å². The van der Waals surface area contributed by atoms with Gasteiger partial charge in [0, 0.05) is 11.9 Å². The lowest BCUT2D eigenvalue weighted by atomic mass is 10.2. The lowest BCUT2D eigenvalue weighted by Crippen LogP contribution is -2.20. The molecule has 0 bridgehead atoms. The maximum atomic E-state index is 12.0. The summed E-state index contributed by atoms with van der Waals surface area (Å²) in [5, 5.41) is 5.15. The van der Waals surface area contributed by atoms with Crippen molar-refractivity contribution >= 4 is 29.5 Å². The summed E-state index contributed by atoms with van der Waals surface area (Å²) in [7, 11) is 0. The molecule has 0 aliphatic rings. The molecule has 0 atom stereocenters. The second kappa shape index (κ2) is 9.16. The number of nitrogens with one attached hydrogen (secondary N) is 2. The number of rotatable bonds is 6. The first-order chi connectivity index (χ1) is 12.5. The van der Waals surface area contributed by atoms with E-state index in [4.69, 9.17) is 9.47 Å². The van der Waals surface area contributed by atoms with E-state index in [9.17, 15) is 14.4 Å². The number of ether oxygens (including phenoxy) is 2. The van der Waals surface area contributed by atoms with Crippen LogP contribution in [-0.2, 0) is 9.47 Å². The maximum Gasteiger partial charge on any atom is 0.339 e. The summed E-state index contributed by atoms with van der Waals surface area (Å²) in [6, 6.07) is 8.78. The fraction of sp³-hybridized carbons (Fsp3) is 0.222. The Balaban J connectivity index is 1.92. The summed E-state index contributed by atoms with van der Waals surface area (Å²) in [6.45, 7) is 4.01. The first-order valence-electron chi connectivity index (χ1n) is 8.01. The van der Waals surface area contributed by atoms with Crippen LogP contribution in [0.25, 0.3) is 0 Å². The SMILES string of the molecule is CCOC(=O)c1ccc(NC(=O)Nc2ccc(C(=O)OCC)cn2)cc1. The molecule has 1 aromatic heterocycles. The minimum absolute atomic E-state index is 0.274. The first kappa shape index (κ1) is 18.9. The van der Waals surface area contributed by atoms with Crippen LogP contribution in [0.15, 0.2) is 42.6 Å². The molecule has 0 radical (unpaired) electrons. The van der Waals surface area contributed by atoms with Crippen LogP contribution in [-0.4, -0.2) is 36.2 Å². The normalized spacial score (nSPS) is 9.92. The Hall–Kier alpha value is -3.42. The number of anilines is 2. The number of esters is 2. The van der Waals surface area contributed by atoms with E-state index in [0.29, 0.717) is 23.4 Å². The van der Waals surface area contributed by atoms with E-state index >= 15 is 0 Å². The van der Waals surface area contributed by atoms with Crippen LogP contribution < -0.4 is 10.6 Å². The zero-order valence-corrected chi connectivity index (χ0v) is 14.4. The van der Waals surface area contributed by atoms with E-state index in [1.165, 1.54) is 18.3 Å². The molecule has 0 aliphatic carbocycles. The average molecular weight is 357 g/mol. The van der Waals surface area contributed by atoms with Gasteiger partial charge in [-0.05, 0) is 50.2 Å². The summed E-state index contributed by atoms with van der Waals surface area (Å²) in [5.74, 6) is -0.620. The van der Waals surface area contributed by atoms with Gasteiger partial charge in [0.25, 0.3) is 0 Å². The zero-order valence-electron chi connectivity index (χ0n) is 14.4. The zero-order chi connectivity index (χ0) is 18.9. The number of carbonyl (C=O) groups excluding carboxylic acids is 3. The summed E-state index contributed by atoms with van der Waals surface area (Å²) in [4.78, 5) is 39.1. The Labute approximate surface area is 150 Å². The van der Waals surface area contributed by atoms with Crippen molar-refractivity contribution in [1.82, 2.24) is 4.98 Å². The minimum Gasteiger partial charge on any atom is -0.462 e. The van der Waals surface area contributed by atoms with Crippen LogP contribution in [0.3, 0.4) is 0 Å². The Morgan fingerprint density at radius 1 is 0.846 bits per heavy atom. The van der Waals surface area contributed by atoms with Gasteiger partial charge in [0.15, 0.2) is 0 Å². The molecule has 2 N–H and O–H groups in total. The lowest BCUT2D eigenvalue weighted by Gasteiger charge is -2.08. The van der Waals surface area contributed by atoms with E-state index < -0.39 is 18.0 Å². The third kappa shape index (κ3) is 5.30. The number of amides is 2. The minimum atomic E-state index is -0.509. The molecular weight excluding hydrogens is 338 g/mol. The molecule has 2 aromatic rings. The van der Waals surface area contributed by atoms with E-state index in [1.807, 2.05) is 0 Å². The van der Waals surface area contributed by atoms with Crippen molar-refractivity contribution in [1.29, 1.82) is 0 Å². The molecule has 1 heterocycles. The van der Waals surface area contributed by atoms with Gasteiger partial charge < -0.3 is 14.8 Å². The molecule has 1 aromatic carbocycles. The van der Waals surface area contributed by atoms with Crippen LogP contribution in [0, 0.1) is 0 Å². The van der Waals surface area contributed by atoms with Crippen molar-refractivity contribution in [2.45, 2.75) is 13.8 Å². The second-order valence-electron chi connectivity index (χ2n) is 5.03. The Morgan fingerprint density at radius 3 is 1.96 bits per heavy atom. The Kier molecular flexibility index (Phi) is 6.67. The number of urea groups is 1. The number of benzene rings is 1. The van der Waals surface area contributed by atoms with Gasteiger partial charge in [0.2, 0.25) is 0 Å².